The Kier molecular flexibility index (Phi) is 5.83. The lowest BCUT2D eigenvalue weighted by atomic mass is 10.1. The average Bonchev–Trinajstić information content (AvgIpc) is 2.46. The minimum absolute atomic E-state index is 0.0529. The Morgan fingerprint density at radius 1 is 1.25 bits per heavy atom. The van der Waals surface area contributed by atoms with Crippen molar-refractivity contribution in [2.75, 3.05) is 39.5 Å². The molecule has 1 saturated heterocycles. The third-order valence-electron chi connectivity index (χ3n) is 3.27. The van der Waals surface area contributed by atoms with Crippen molar-refractivity contribution >= 4 is 5.97 Å². The van der Waals surface area contributed by atoms with Gasteiger partial charge in [0.15, 0.2) is 0 Å². The molecule has 5 heteroatoms. The molecule has 1 aliphatic rings. The number of ether oxygens (including phenoxy) is 2. The van der Waals surface area contributed by atoms with Gasteiger partial charge in [-0.1, -0.05) is 12.1 Å². The highest BCUT2D eigenvalue weighted by molar-refractivity contribution is 5.70. The van der Waals surface area contributed by atoms with E-state index in [1.165, 1.54) is 0 Å². The monoisotopic (exact) mass is 279 g/mol. The highest BCUT2D eigenvalue weighted by Crippen LogP contribution is 2.13. The molecule has 0 unspecified atom stereocenters. The van der Waals surface area contributed by atoms with E-state index in [4.69, 9.17) is 14.6 Å². The van der Waals surface area contributed by atoms with Gasteiger partial charge >= 0.3 is 5.97 Å². The summed E-state index contributed by atoms with van der Waals surface area (Å²) in [6, 6.07) is 7.25. The van der Waals surface area contributed by atoms with E-state index in [1.54, 1.807) is 12.1 Å². The lowest BCUT2D eigenvalue weighted by Crippen LogP contribution is -2.37. The van der Waals surface area contributed by atoms with Crippen molar-refractivity contribution in [3.05, 3.63) is 29.8 Å². The summed E-state index contributed by atoms with van der Waals surface area (Å²) in [4.78, 5) is 12.9. The van der Waals surface area contributed by atoms with Gasteiger partial charge in [0.2, 0.25) is 0 Å². The zero-order valence-corrected chi connectivity index (χ0v) is 11.6. The summed E-state index contributed by atoms with van der Waals surface area (Å²) >= 11 is 0. The number of carboxylic acids is 1. The number of rotatable bonds is 7. The van der Waals surface area contributed by atoms with Gasteiger partial charge in [0, 0.05) is 19.6 Å². The van der Waals surface area contributed by atoms with Crippen LogP contribution in [0.3, 0.4) is 0 Å². The molecule has 0 aromatic heterocycles. The Morgan fingerprint density at radius 2 is 1.95 bits per heavy atom. The van der Waals surface area contributed by atoms with E-state index in [2.05, 4.69) is 4.90 Å². The van der Waals surface area contributed by atoms with Crippen molar-refractivity contribution in [1.82, 2.24) is 4.90 Å². The fourth-order valence-electron chi connectivity index (χ4n) is 2.18. The molecule has 0 aliphatic carbocycles. The van der Waals surface area contributed by atoms with Crippen LogP contribution in [0.2, 0.25) is 0 Å². The molecule has 1 fully saturated rings. The summed E-state index contributed by atoms with van der Waals surface area (Å²) in [5, 5.41) is 8.69. The standard InChI is InChI=1S/C15H21NO4/c17-15(18)12-13-2-4-14(5-3-13)20-9-1-6-16-7-10-19-11-8-16/h2-5H,1,6-12H2,(H,17,18). The molecule has 5 nitrogen and oxygen atoms in total. The van der Waals surface area contributed by atoms with Gasteiger partial charge < -0.3 is 14.6 Å². The van der Waals surface area contributed by atoms with Gasteiger partial charge in [-0.25, -0.2) is 0 Å². The van der Waals surface area contributed by atoms with Crippen LogP contribution in [0, 0.1) is 0 Å². The largest absolute Gasteiger partial charge is 0.494 e. The number of hydrogen-bond donors (Lipinski definition) is 1. The van der Waals surface area contributed by atoms with Crippen LogP contribution in [-0.4, -0.2) is 55.4 Å². The second kappa shape index (κ2) is 7.87. The fourth-order valence-corrected chi connectivity index (χ4v) is 2.18. The lowest BCUT2D eigenvalue weighted by Gasteiger charge is -2.26. The summed E-state index contributed by atoms with van der Waals surface area (Å²) < 4.78 is 11.0. The molecule has 0 amide bonds. The molecule has 1 heterocycles. The van der Waals surface area contributed by atoms with Gasteiger partial charge in [-0.3, -0.25) is 9.69 Å². The maximum absolute atomic E-state index is 10.6. The van der Waals surface area contributed by atoms with Crippen LogP contribution < -0.4 is 4.74 Å². The molecule has 0 spiro atoms. The number of benzene rings is 1. The van der Waals surface area contributed by atoms with E-state index in [9.17, 15) is 4.79 Å². The number of carboxylic acid groups (broad SMARTS) is 1. The van der Waals surface area contributed by atoms with Gasteiger partial charge in [0.25, 0.3) is 0 Å². The number of aliphatic carboxylic acids is 1. The zero-order valence-electron chi connectivity index (χ0n) is 11.6. The summed E-state index contributed by atoms with van der Waals surface area (Å²) in [5.41, 5.74) is 0.790. The fraction of sp³-hybridized carbons (Fsp3) is 0.533. The highest BCUT2D eigenvalue weighted by atomic mass is 16.5. The van der Waals surface area contributed by atoms with Crippen molar-refractivity contribution in [3.8, 4) is 5.75 Å². The Morgan fingerprint density at radius 3 is 2.60 bits per heavy atom. The minimum Gasteiger partial charge on any atom is -0.494 e. The number of morpholine rings is 1. The molecule has 1 aromatic carbocycles. The smallest absolute Gasteiger partial charge is 0.307 e. The van der Waals surface area contributed by atoms with Gasteiger partial charge in [-0.05, 0) is 24.1 Å². The molecule has 1 N–H and O–H groups in total. The average molecular weight is 279 g/mol. The molecule has 2 rings (SSSR count). The number of nitrogens with zero attached hydrogens (tertiary/aromatic N) is 1. The van der Waals surface area contributed by atoms with E-state index >= 15 is 0 Å². The number of carbonyl (C=O) groups is 1. The van der Waals surface area contributed by atoms with Crippen LogP contribution >= 0.6 is 0 Å². The highest BCUT2D eigenvalue weighted by Gasteiger charge is 2.09. The SMILES string of the molecule is O=C(O)Cc1ccc(OCCCN2CCOCC2)cc1. The van der Waals surface area contributed by atoms with Gasteiger partial charge in [0.1, 0.15) is 5.75 Å². The van der Waals surface area contributed by atoms with Crippen LogP contribution in [-0.2, 0) is 16.0 Å². The zero-order chi connectivity index (χ0) is 14.2. The minimum atomic E-state index is -0.816. The molecule has 1 aliphatic heterocycles. The molecule has 20 heavy (non-hydrogen) atoms. The van der Waals surface area contributed by atoms with E-state index < -0.39 is 5.97 Å². The third kappa shape index (κ3) is 5.19. The molecule has 0 atom stereocenters. The second-order valence-corrected chi connectivity index (χ2v) is 4.87. The van der Waals surface area contributed by atoms with Crippen LogP contribution in [0.4, 0.5) is 0 Å². The predicted octanol–water partition coefficient (Wildman–Crippen LogP) is 1.41. The van der Waals surface area contributed by atoms with E-state index in [1.807, 2.05) is 12.1 Å². The van der Waals surface area contributed by atoms with Crippen molar-refractivity contribution in [3.63, 3.8) is 0 Å². The Bertz CT molecular complexity index is 412. The molecule has 0 saturated carbocycles. The first kappa shape index (κ1) is 14.8. The lowest BCUT2D eigenvalue weighted by molar-refractivity contribution is -0.136. The van der Waals surface area contributed by atoms with Crippen LogP contribution in [0.15, 0.2) is 24.3 Å². The molecule has 0 bridgehead atoms. The first-order valence-electron chi connectivity index (χ1n) is 6.98. The second-order valence-electron chi connectivity index (χ2n) is 4.87. The normalized spacial score (nSPS) is 16.0. The molecule has 1 aromatic rings. The first-order valence-corrected chi connectivity index (χ1v) is 6.98. The summed E-state index contributed by atoms with van der Waals surface area (Å²) in [7, 11) is 0. The number of hydrogen-bond acceptors (Lipinski definition) is 4. The maximum Gasteiger partial charge on any atom is 0.307 e. The summed E-state index contributed by atoms with van der Waals surface area (Å²) in [5.74, 6) is -0.0229. The van der Waals surface area contributed by atoms with Crippen molar-refractivity contribution in [2.24, 2.45) is 0 Å². The quantitative estimate of drug-likeness (QED) is 0.765. The first-order chi connectivity index (χ1) is 9.74. The molecule has 110 valence electrons. The van der Waals surface area contributed by atoms with Gasteiger partial charge in [-0.15, -0.1) is 0 Å². The Balaban J connectivity index is 1.64. The van der Waals surface area contributed by atoms with Gasteiger partial charge in [-0.2, -0.15) is 0 Å². The van der Waals surface area contributed by atoms with E-state index in [0.29, 0.717) is 6.61 Å². The molecule has 0 radical (unpaired) electrons. The summed E-state index contributed by atoms with van der Waals surface area (Å²) in [6.07, 6.45) is 1.04. The van der Waals surface area contributed by atoms with Crippen LogP contribution in [0.25, 0.3) is 0 Å². The third-order valence-corrected chi connectivity index (χ3v) is 3.27. The Hall–Kier alpha value is -1.59. The van der Waals surface area contributed by atoms with Gasteiger partial charge in [0.05, 0.1) is 26.2 Å². The predicted molar refractivity (Wildman–Crippen MR) is 75.2 cm³/mol. The van der Waals surface area contributed by atoms with Crippen LogP contribution in [0.5, 0.6) is 5.75 Å². The Labute approximate surface area is 119 Å². The van der Waals surface area contributed by atoms with Crippen LogP contribution in [0.1, 0.15) is 12.0 Å². The topological polar surface area (TPSA) is 59.0 Å². The van der Waals surface area contributed by atoms with E-state index in [-0.39, 0.29) is 6.42 Å². The molecular weight excluding hydrogens is 258 g/mol. The molecular formula is C15H21NO4. The van der Waals surface area contributed by atoms with E-state index in [0.717, 1.165) is 50.6 Å². The maximum atomic E-state index is 10.6. The summed E-state index contributed by atoms with van der Waals surface area (Å²) in [6.45, 7) is 5.36. The van der Waals surface area contributed by atoms with Crippen molar-refractivity contribution in [1.29, 1.82) is 0 Å². The van der Waals surface area contributed by atoms with Crippen molar-refractivity contribution < 1.29 is 19.4 Å². The van der Waals surface area contributed by atoms with Crippen molar-refractivity contribution in [2.45, 2.75) is 12.8 Å².